The van der Waals surface area contributed by atoms with Crippen LogP contribution in [0.15, 0.2) is 36.7 Å². The molecule has 0 N–H and O–H groups in total. The minimum absolute atomic E-state index is 0.0857. The molecule has 1 aliphatic rings. The van der Waals surface area contributed by atoms with E-state index in [0.29, 0.717) is 24.5 Å². The van der Waals surface area contributed by atoms with Gasteiger partial charge in [-0.25, -0.2) is 8.78 Å². The van der Waals surface area contributed by atoms with Crippen LogP contribution in [0.5, 0.6) is 0 Å². The number of carbonyl (C=O) groups is 2. The molecule has 0 bridgehead atoms. The summed E-state index contributed by atoms with van der Waals surface area (Å²) in [5, 5.41) is 0. The van der Waals surface area contributed by atoms with Crippen molar-refractivity contribution in [1.82, 2.24) is 19.8 Å². The summed E-state index contributed by atoms with van der Waals surface area (Å²) < 4.78 is 25.9. The van der Waals surface area contributed by atoms with Gasteiger partial charge in [0.15, 0.2) is 0 Å². The second-order valence-corrected chi connectivity index (χ2v) is 7.09. The summed E-state index contributed by atoms with van der Waals surface area (Å²) in [5.74, 6) is -1.10. The van der Waals surface area contributed by atoms with Gasteiger partial charge in [0.05, 0.1) is 25.2 Å². The van der Waals surface area contributed by atoms with Gasteiger partial charge < -0.3 is 9.80 Å². The summed E-state index contributed by atoms with van der Waals surface area (Å²) in [7, 11) is 0. The van der Waals surface area contributed by atoms with Crippen LogP contribution in [0.25, 0.3) is 0 Å². The van der Waals surface area contributed by atoms with E-state index in [-0.39, 0.29) is 36.7 Å². The average molecular weight is 388 g/mol. The fraction of sp³-hybridized carbons (Fsp3) is 0.400. The Morgan fingerprint density at radius 2 is 1.36 bits per heavy atom. The van der Waals surface area contributed by atoms with Gasteiger partial charge in [-0.3, -0.25) is 19.6 Å². The Kier molecular flexibility index (Phi) is 5.96. The smallest absolute Gasteiger partial charge is 0.229 e. The summed E-state index contributed by atoms with van der Waals surface area (Å²) in [4.78, 5) is 36.6. The van der Waals surface area contributed by atoms with Crippen molar-refractivity contribution >= 4 is 11.8 Å². The molecule has 2 aromatic heterocycles. The minimum atomic E-state index is -0.444. The van der Waals surface area contributed by atoms with Crippen LogP contribution in [0.2, 0.25) is 0 Å². The van der Waals surface area contributed by atoms with Gasteiger partial charge in [0.25, 0.3) is 0 Å². The number of aromatic nitrogens is 2. The van der Waals surface area contributed by atoms with E-state index < -0.39 is 11.6 Å². The molecule has 2 amide bonds. The Morgan fingerprint density at radius 3 is 1.79 bits per heavy atom. The highest BCUT2D eigenvalue weighted by Gasteiger charge is 2.34. The molecule has 0 spiro atoms. The SMILES string of the molecule is C[C@@H]1CN(C(=O)Cc2ccc(F)cn2)C[C@H](C)N1C(=O)Cc1ccc(F)cn1. The van der Waals surface area contributed by atoms with Gasteiger partial charge in [-0.1, -0.05) is 0 Å². The van der Waals surface area contributed by atoms with Crippen molar-refractivity contribution in [2.75, 3.05) is 13.1 Å². The summed E-state index contributed by atoms with van der Waals surface area (Å²) in [6, 6.07) is 5.22. The second kappa shape index (κ2) is 8.41. The molecule has 28 heavy (non-hydrogen) atoms. The maximum Gasteiger partial charge on any atom is 0.229 e. The Labute approximate surface area is 162 Å². The zero-order chi connectivity index (χ0) is 20.3. The number of hydrogen-bond donors (Lipinski definition) is 0. The fourth-order valence-corrected chi connectivity index (χ4v) is 3.55. The minimum Gasteiger partial charge on any atom is -0.338 e. The topological polar surface area (TPSA) is 66.4 Å². The number of piperazine rings is 1. The van der Waals surface area contributed by atoms with E-state index in [0.717, 1.165) is 12.4 Å². The van der Waals surface area contributed by atoms with E-state index in [1.54, 1.807) is 9.80 Å². The van der Waals surface area contributed by atoms with Crippen molar-refractivity contribution in [3.63, 3.8) is 0 Å². The highest BCUT2D eigenvalue weighted by Crippen LogP contribution is 2.18. The van der Waals surface area contributed by atoms with Gasteiger partial charge in [0.1, 0.15) is 11.6 Å². The number of hydrogen-bond acceptors (Lipinski definition) is 4. The number of amides is 2. The molecule has 0 aromatic carbocycles. The third kappa shape index (κ3) is 4.68. The van der Waals surface area contributed by atoms with Crippen LogP contribution in [0.3, 0.4) is 0 Å². The zero-order valence-corrected chi connectivity index (χ0v) is 15.8. The number of nitrogens with zero attached hydrogens (tertiary/aromatic N) is 4. The van der Waals surface area contributed by atoms with Gasteiger partial charge in [-0.2, -0.15) is 0 Å². The summed E-state index contributed by atoms with van der Waals surface area (Å²) in [6.07, 6.45) is 2.36. The molecule has 0 unspecified atom stereocenters. The monoisotopic (exact) mass is 388 g/mol. The molecule has 148 valence electrons. The predicted octanol–water partition coefficient (Wildman–Crippen LogP) is 1.99. The maximum atomic E-state index is 13.0. The van der Waals surface area contributed by atoms with E-state index in [2.05, 4.69) is 9.97 Å². The zero-order valence-electron chi connectivity index (χ0n) is 15.8. The van der Waals surface area contributed by atoms with E-state index in [9.17, 15) is 18.4 Å². The molecule has 1 aliphatic heterocycles. The lowest BCUT2D eigenvalue weighted by Gasteiger charge is -2.44. The average Bonchev–Trinajstić information content (AvgIpc) is 2.65. The molecule has 2 aromatic rings. The first kappa shape index (κ1) is 19.9. The lowest BCUT2D eigenvalue weighted by atomic mass is 10.1. The number of carbonyl (C=O) groups excluding carboxylic acids is 2. The number of rotatable bonds is 4. The highest BCUT2D eigenvalue weighted by atomic mass is 19.1. The summed E-state index contributed by atoms with van der Waals surface area (Å²) >= 11 is 0. The van der Waals surface area contributed by atoms with Crippen molar-refractivity contribution in [2.45, 2.75) is 38.8 Å². The van der Waals surface area contributed by atoms with Crippen LogP contribution >= 0.6 is 0 Å². The lowest BCUT2D eigenvalue weighted by Crippen LogP contribution is -2.60. The van der Waals surface area contributed by atoms with E-state index >= 15 is 0 Å². The summed E-state index contributed by atoms with van der Waals surface area (Å²) in [6.45, 7) is 4.60. The maximum absolute atomic E-state index is 13.0. The Bertz CT molecular complexity index is 830. The number of halogens is 2. The molecule has 8 heteroatoms. The second-order valence-electron chi connectivity index (χ2n) is 7.09. The molecule has 1 fully saturated rings. The van der Waals surface area contributed by atoms with Gasteiger partial charge >= 0.3 is 0 Å². The first-order valence-electron chi connectivity index (χ1n) is 9.13. The van der Waals surface area contributed by atoms with Crippen molar-refractivity contribution in [2.24, 2.45) is 0 Å². The van der Waals surface area contributed by atoms with Crippen molar-refractivity contribution in [3.05, 3.63) is 59.7 Å². The van der Waals surface area contributed by atoms with Crippen LogP contribution in [-0.4, -0.2) is 56.8 Å². The van der Waals surface area contributed by atoms with Crippen LogP contribution in [0, 0.1) is 11.6 Å². The Morgan fingerprint density at radius 1 is 0.893 bits per heavy atom. The Hall–Kier alpha value is -2.90. The van der Waals surface area contributed by atoms with Crippen molar-refractivity contribution < 1.29 is 18.4 Å². The lowest BCUT2D eigenvalue weighted by molar-refractivity contribution is -0.145. The number of pyridine rings is 2. The molecule has 0 aliphatic carbocycles. The molecule has 6 nitrogen and oxygen atoms in total. The summed E-state index contributed by atoms with van der Waals surface area (Å²) in [5.41, 5.74) is 1.01. The van der Waals surface area contributed by atoms with E-state index in [1.807, 2.05) is 13.8 Å². The van der Waals surface area contributed by atoms with Crippen LogP contribution < -0.4 is 0 Å². The fourth-order valence-electron chi connectivity index (χ4n) is 3.55. The van der Waals surface area contributed by atoms with Gasteiger partial charge in [-0.15, -0.1) is 0 Å². The molecular weight excluding hydrogens is 366 g/mol. The normalized spacial score (nSPS) is 19.6. The highest BCUT2D eigenvalue weighted by molar-refractivity contribution is 5.81. The van der Waals surface area contributed by atoms with Gasteiger partial charge in [0, 0.05) is 36.6 Å². The van der Waals surface area contributed by atoms with Gasteiger partial charge in [0.2, 0.25) is 11.8 Å². The molecule has 0 radical (unpaired) electrons. The Balaban J connectivity index is 1.61. The van der Waals surface area contributed by atoms with E-state index in [4.69, 9.17) is 0 Å². The molecule has 3 heterocycles. The van der Waals surface area contributed by atoms with Crippen molar-refractivity contribution in [1.29, 1.82) is 0 Å². The standard InChI is InChI=1S/C20H22F2N4O2/c1-13-11-25(19(27)7-17-5-3-15(21)9-23-17)12-14(2)26(13)20(28)8-18-6-4-16(22)10-24-18/h3-6,9-10,13-14H,7-8,11-12H2,1-2H3/t13-,14+. The molecule has 2 atom stereocenters. The predicted molar refractivity (Wildman–Crippen MR) is 98.1 cm³/mol. The molecule has 0 saturated carbocycles. The molecule has 1 saturated heterocycles. The molecular formula is C20H22F2N4O2. The first-order chi connectivity index (χ1) is 13.3. The van der Waals surface area contributed by atoms with Crippen LogP contribution in [0.4, 0.5) is 8.78 Å². The van der Waals surface area contributed by atoms with Gasteiger partial charge in [-0.05, 0) is 38.1 Å². The van der Waals surface area contributed by atoms with E-state index in [1.165, 1.54) is 24.3 Å². The molecule has 3 rings (SSSR count). The third-order valence-corrected chi connectivity index (χ3v) is 4.80. The quantitative estimate of drug-likeness (QED) is 0.804. The third-order valence-electron chi connectivity index (χ3n) is 4.80. The first-order valence-corrected chi connectivity index (χ1v) is 9.13. The van der Waals surface area contributed by atoms with Crippen molar-refractivity contribution in [3.8, 4) is 0 Å². The van der Waals surface area contributed by atoms with Crippen LogP contribution in [0.1, 0.15) is 25.2 Å². The largest absolute Gasteiger partial charge is 0.338 e. The van der Waals surface area contributed by atoms with Crippen LogP contribution in [-0.2, 0) is 22.4 Å².